The molecule has 3 rings (SSSR count). The highest BCUT2D eigenvalue weighted by Gasteiger charge is 2.36. The number of aldehydes is 1. The maximum absolute atomic E-state index is 12.6. The number of carbonyl (C=O) groups excluding carboxylic acids is 7. The number of rotatable bonds is 22. The minimum atomic E-state index is -0.542. The van der Waals surface area contributed by atoms with Crippen LogP contribution in [0.25, 0.3) is 0 Å². The van der Waals surface area contributed by atoms with Crippen molar-refractivity contribution in [2.75, 3.05) is 6.61 Å². The van der Waals surface area contributed by atoms with Gasteiger partial charge in [-0.05, 0) is 157 Å². The Hall–Kier alpha value is -3.70. The van der Waals surface area contributed by atoms with Gasteiger partial charge in [-0.25, -0.2) is 19.2 Å². The van der Waals surface area contributed by atoms with Gasteiger partial charge >= 0.3 is 24.4 Å². The minimum absolute atomic E-state index is 0. The molecule has 6 N–H and O–H groups in total. The molecule has 0 radical (unpaired) electrons. The van der Waals surface area contributed by atoms with Gasteiger partial charge in [-0.15, -0.1) is 0 Å². The lowest BCUT2D eigenvalue weighted by atomic mass is 9.83. The summed E-state index contributed by atoms with van der Waals surface area (Å²) in [5.74, 6) is 3.12. The predicted octanol–water partition coefficient (Wildman–Crippen LogP) is 11.6. The molecule has 0 aromatic carbocycles. The zero-order valence-corrected chi connectivity index (χ0v) is 57.9. The number of hydrogen-bond acceptors (Lipinski definition) is 13. The van der Waals surface area contributed by atoms with Crippen molar-refractivity contribution in [3.63, 3.8) is 0 Å². The third kappa shape index (κ3) is 37.8. The van der Waals surface area contributed by atoms with E-state index in [-0.39, 0.29) is 72.4 Å². The summed E-state index contributed by atoms with van der Waals surface area (Å²) in [6, 6.07) is -1.34. The van der Waals surface area contributed by atoms with Crippen LogP contribution in [0.3, 0.4) is 0 Å². The van der Waals surface area contributed by atoms with E-state index in [1.54, 1.807) is 20.8 Å². The van der Waals surface area contributed by atoms with Crippen LogP contribution in [-0.2, 0) is 33.3 Å². The molecule has 3 aliphatic rings. The molecule has 0 aromatic rings. The van der Waals surface area contributed by atoms with Crippen LogP contribution < -0.4 is 33.7 Å². The minimum Gasteiger partial charge on any atom is -1.00 e. The summed E-state index contributed by atoms with van der Waals surface area (Å²) < 4.78 is 20.7. The van der Waals surface area contributed by atoms with Gasteiger partial charge in [-0.2, -0.15) is 0 Å². The Morgan fingerprint density at radius 2 is 0.798 bits per heavy atom. The smallest absolute Gasteiger partial charge is 0.408 e. The highest BCUT2D eigenvalue weighted by Crippen LogP contribution is 2.33. The molecule has 11 atom stereocenters. The van der Waals surface area contributed by atoms with Crippen molar-refractivity contribution >= 4 is 42.2 Å². The fraction of sp³-hybridized carbons (Fsp3) is 0.894. The Balaban J connectivity index is -0.000000983. The number of hydrogen-bond donors (Lipinski definition) is 6. The van der Waals surface area contributed by atoms with Crippen LogP contribution >= 0.6 is 0 Å². The molecule has 0 aromatic heterocycles. The van der Waals surface area contributed by atoms with E-state index in [0.29, 0.717) is 23.5 Å². The van der Waals surface area contributed by atoms with Gasteiger partial charge in [0.25, 0.3) is 0 Å². The highest BCUT2D eigenvalue weighted by atomic mass is 35.5. The van der Waals surface area contributed by atoms with E-state index >= 15 is 0 Å². The van der Waals surface area contributed by atoms with Crippen molar-refractivity contribution in [2.45, 2.75) is 321 Å². The molecule has 17 nitrogen and oxygen atoms in total. The van der Waals surface area contributed by atoms with Gasteiger partial charge in [0, 0.05) is 17.8 Å². The second kappa shape index (κ2) is 42.2. The number of aliphatic hydroxyl groups excluding tert-OH is 2. The first kappa shape index (κ1) is 84.5. The summed E-state index contributed by atoms with van der Waals surface area (Å²) in [4.78, 5) is 81.9. The summed E-state index contributed by atoms with van der Waals surface area (Å²) in [7, 11) is 0. The fourth-order valence-electron chi connectivity index (χ4n) is 9.82. The number of amides is 4. The number of aliphatic hydroxyl groups is 2. The van der Waals surface area contributed by atoms with Crippen molar-refractivity contribution in [3.8, 4) is 0 Å². The number of Topliss-reactive ketones (excluding diaryl/α,β-unsaturated/α-hetero) is 2. The lowest BCUT2D eigenvalue weighted by Gasteiger charge is -2.33. The first-order chi connectivity index (χ1) is 38.2. The van der Waals surface area contributed by atoms with E-state index in [2.05, 4.69) is 55.9 Å². The molecule has 0 spiro atoms. The van der Waals surface area contributed by atoms with Gasteiger partial charge in [0.1, 0.15) is 34.5 Å². The van der Waals surface area contributed by atoms with Crippen LogP contribution in [0.5, 0.6) is 0 Å². The Kier molecular flexibility index (Phi) is 42.5. The lowest BCUT2D eigenvalue weighted by molar-refractivity contribution is -0.127. The topological polar surface area (TPSA) is 245 Å². The van der Waals surface area contributed by atoms with Gasteiger partial charge < -0.3 is 67.6 Å². The van der Waals surface area contributed by atoms with Crippen molar-refractivity contribution in [2.24, 2.45) is 53.3 Å². The maximum Gasteiger partial charge on any atom is 0.408 e. The number of halogens is 1. The Bertz CT molecular complexity index is 1840. The largest absolute Gasteiger partial charge is 1.00 e. The fourth-order valence-corrected chi connectivity index (χ4v) is 9.82. The molecule has 4 amide bonds. The van der Waals surface area contributed by atoms with Gasteiger partial charge in [0.05, 0.1) is 36.9 Å². The third-order valence-corrected chi connectivity index (χ3v) is 16.2. The number of ketones is 2. The SMILES string of the molecule is CCC(C)C(C)C(=O)C1CCCC1.CCC(C)C(C=O)NC(=O)OC(C)(C)C.CCC(C)C(CO)NC(=O)OC(C)(C)C.CCC(C)C(NC(=O)OC(C)(C)C)C(=O)C1CCCC1.CCC(C)C(NC(=O)OC(C)(C)C)C(O)C1CCCC1.[Cl-]. The molecule has 3 saturated carbocycles. The van der Waals surface area contributed by atoms with E-state index in [1.165, 1.54) is 25.7 Å². The Morgan fingerprint density at radius 1 is 0.464 bits per heavy atom. The molecule has 3 fully saturated rings. The number of ether oxygens (including phenoxy) is 4. The molecule has 84 heavy (non-hydrogen) atoms. The zero-order valence-electron chi connectivity index (χ0n) is 57.2. The molecule has 0 heterocycles. The van der Waals surface area contributed by atoms with E-state index in [0.717, 1.165) is 89.8 Å². The van der Waals surface area contributed by atoms with Crippen molar-refractivity contribution < 1.29 is 75.1 Å². The van der Waals surface area contributed by atoms with Gasteiger partial charge in [-0.3, -0.25) is 9.59 Å². The number of alkyl carbamates (subject to hydrolysis) is 4. The van der Waals surface area contributed by atoms with Crippen LogP contribution in [-0.4, -0.2) is 112 Å². The lowest BCUT2D eigenvalue weighted by Crippen LogP contribution is -3.00. The van der Waals surface area contributed by atoms with Crippen molar-refractivity contribution in [1.82, 2.24) is 21.3 Å². The van der Waals surface area contributed by atoms with Crippen molar-refractivity contribution in [1.29, 1.82) is 0 Å². The third-order valence-electron chi connectivity index (χ3n) is 16.2. The normalized spacial score (nSPS) is 18.8. The van der Waals surface area contributed by atoms with E-state index in [1.807, 2.05) is 104 Å². The Morgan fingerprint density at radius 3 is 1.14 bits per heavy atom. The maximum atomic E-state index is 12.6. The van der Waals surface area contributed by atoms with Crippen LogP contribution in [0.15, 0.2) is 0 Å². The Labute approximate surface area is 517 Å². The standard InChI is InChI=1S/C16H31NO3.C16H29NO3.C12H22O.C11H23NO3.C11H21NO3.ClH/c2*1-6-11(2)13(14(18)12-9-7-8-10-12)17-15(19)20-16(3,4)5;1-4-9(2)10(3)12(13)11-7-5-6-8-11;2*1-6-8(2)9(7-13)12-10(14)15-11(3,4)5;/h11-14,18H,6-10H2,1-5H3,(H,17,19);11-13H,6-10H2,1-5H3,(H,17,19);9-11H,4-8H2,1-3H3;8-9,13H,6-7H2,1-5H3,(H,12,14);7-9H,6H2,1-5H3,(H,12,14);1H/p-1. The van der Waals surface area contributed by atoms with Gasteiger partial charge in [0.15, 0.2) is 5.78 Å². The predicted molar refractivity (Wildman–Crippen MR) is 334 cm³/mol. The van der Waals surface area contributed by atoms with Gasteiger partial charge in [0.2, 0.25) is 0 Å². The van der Waals surface area contributed by atoms with Crippen LogP contribution in [0.2, 0.25) is 0 Å². The molecular formula is C66H126ClN4O13-. The monoisotopic (exact) mass is 1220 g/mol. The molecule has 0 aliphatic heterocycles. The molecule has 0 bridgehead atoms. The number of carbonyl (C=O) groups is 7. The van der Waals surface area contributed by atoms with Crippen LogP contribution in [0.4, 0.5) is 19.2 Å². The van der Waals surface area contributed by atoms with Crippen LogP contribution in [0.1, 0.15) is 268 Å². The molecule has 496 valence electrons. The van der Waals surface area contributed by atoms with E-state index < -0.39 is 65.0 Å². The summed E-state index contributed by atoms with van der Waals surface area (Å²) in [6.45, 7) is 44.3. The van der Waals surface area contributed by atoms with E-state index in [4.69, 9.17) is 24.1 Å². The molecule has 3 aliphatic carbocycles. The summed E-state index contributed by atoms with van der Waals surface area (Å²) >= 11 is 0. The average Bonchev–Trinajstić information content (AvgIpc) is 4.24. The van der Waals surface area contributed by atoms with Crippen LogP contribution in [0, 0.1) is 53.3 Å². The second-order valence-electron chi connectivity index (χ2n) is 28.1. The zero-order chi connectivity index (χ0) is 64.6. The summed E-state index contributed by atoms with van der Waals surface area (Å²) in [5.41, 5.74) is -2.09. The highest BCUT2D eigenvalue weighted by molar-refractivity contribution is 5.89. The first-order valence-electron chi connectivity index (χ1n) is 32.0. The summed E-state index contributed by atoms with van der Waals surface area (Å²) in [5, 5.41) is 30.6. The molecule has 18 heteroatoms. The molecule has 0 saturated heterocycles. The number of nitrogens with one attached hydrogen (secondary N) is 4. The molecular weight excluding hydrogens is 1090 g/mol. The quantitative estimate of drug-likeness (QED) is 0.0437. The van der Waals surface area contributed by atoms with Gasteiger partial charge in [-0.1, -0.05) is 147 Å². The first-order valence-corrected chi connectivity index (χ1v) is 32.0. The summed E-state index contributed by atoms with van der Waals surface area (Å²) in [6.07, 6.45) is 16.5. The molecule has 11 unspecified atom stereocenters. The van der Waals surface area contributed by atoms with E-state index in [9.17, 15) is 38.7 Å². The second-order valence-corrected chi connectivity index (χ2v) is 28.1. The average molecular weight is 1220 g/mol. The van der Waals surface area contributed by atoms with Crippen molar-refractivity contribution in [3.05, 3.63) is 0 Å².